The number of amides is 2. The summed E-state index contributed by atoms with van der Waals surface area (Å²) in [6.07, 6.45) is -2.53. The predicted octanol–water partition coefficient (Wildman–Crippen LogP) is 4.58. The topological polar surface area (TPSA) is 109 Å². The zero-order chi connectivity index (χ0) is 19.3. The molecule has 12 heteroatoms. The van der Waals surface area contributed by atoms with Gasteiger partial charge in [-0.1, -0.05) is 23.2 Å². The molecule has 0 aromatic carbocycles. The van der Waals surface area contributed by atoms with Crippen LogP contribution in [0.3, 0.4) is 0 Å². The SMILES string of the molecule is CCOC(=N)C(O)c1ccc(Cl)s1.Cl.O=C1NC(=O)C(c2ccc(Cl)s2)O1. The molecule has 27 heavy (non-hydrogen) atoms. The minimum atomic E-state index is -0.988. The number of cyclic esters (lactones) is 1. The van der Waals surface area contributed by atoms with Crippen molar-refractivity contribution >= 4 is 76.2 Å². The predicted molar refractivity (Wildman–Crippen MR) is 108 cm³/mol. The molecule has 0 saturated carbocycles. The molecule has 3 heterocycles. The van der Waals surface area contributed by atoms with Gasteiger partial charge in [0.1, 0.15) is 0 Å². The van der Waals surface area contributed by atoms with E-state index < -0.39 is 24.2 Å². The Labute approximate surface area is 179 Å². The number of aliphatic hydroxyl groups excluding tert-OH is 1. The van der Waals surface area contributed by atoms with Crippen molar-refractivity contribution in [3.05, 3.63) is 42.7 Å². The summed E-state index contributed by atoms with van der Waals surface area (Å²) in [6, 6.07) is 6.69. The Morgan fingerprint density at radius 2 is 1.93 bits per heavy atom. The van der Waals surface area contributed by atoms with Crippen LogP contribution in [0.5, 0.6) is 0 Å². The Bertz CT molecular complexity index is 811. The van der Waals surface area contributed by atoms with E-state index >= 15 is 0 Å². The van der Waals surface area contributed by atoms with E-state index in [0.29, 0.717) is 25.0 Å². The van der Waals surface area contributed by atoms with Gasteiger partial charge in [0.2, 0.25) is 12.0 Å². The van der Waals surface area contributed by atoms with Crippen LogP contribution in [0.25, 0.3) is 0 Å². The Balaban J connectivity index is 0.000000260. The minimum Gasteiger partial charge on any atom is -0.479 e. The molecule has 0 spiro atoms. The molecule has 2 aromatic heterocycles. The fraction of sp³-hybridized carbons (Fsp3) is 0.267. The van der Waals surface area contributed by atoms with E-state index in [1.807, 2.05) is 5.32 Å². The van der Waals surface area contributed by atoms with Crippen molar-refractivity contribution in [3.8, 4) is 0 Å². The number of thiophene rings is 2. The average molecular weight is 474 g/mol. The first-order valence-corrected chi connectivity index (χ1v) is 9.62. The molecule has 1 saturated heterocycles. The van der Waals surface area contributed by atoms with E-state index in [9.17, 15) is 14.7 Å². The van der Waals surface area contributed by atoms with Gasteiger partial charge in [-0.15, -0.1) is 35.1 Å². The number of rotatable bonds is 4. The van der Waals surface area contributed by atoms with Crippen molar-refractivity contribution in [1.82, 2.24) is 5.32 Å². The lowest BCUT2D eigenvalue weighted by Gasteiger charge is -2.09. The number of hydrogen-bond donors (Lipinski definition) is 3. The van der Waals surface area contributed by atoms with Gasteiger partial charge in [0, 0.05) is 4.88 Å². The monoisotopic (exact) mass is 472 g/mol. The maximum Gasteiger partial charge on any atom is 0.415 e. The van der Waals surface area contributed by atoms with Crippen molar-refractivity contribution in [1.29, 1.82) is 5.41 Å². The number of aliphatic hydroxyl groups is 1. The van der Waals surface area contributed by atoms with Gasteiger partial charge in [-0.3, -0.25) is 15.5 Å². The molecule has 1 aliphatic rings. The van der Waals surface area contributed by atoms with Crippen LogP contribution in [-0.2, 0) is 14.3 Å². The third-order valence-corrected chi connectivity index (χ3v) is 5.51. The molecule has 7 nitrogen and oxygen atoms in total. The van der Waals surface area contributed by atoms with Crippen LogP contribution < -0.4 is 5.32 Å². The van der Waals surface area contributed by atoms with E-state index in [0.717, 1.165) is 0 Å². The quantitative estimate of drug-likeness (QED) is 0.445. The first-order chi connectivity index (χ1) is 12.3. The molecule has 0 aliphatic carbocycles. The summed E-state index contributed by atoms with van der Waals surface area (Å²) in [5.41, 5.74) is 0. The zero-order valence-electron chi connectivity index (χ0n) is 13.7. The first-order valence-electron chi connectivity index (χ1n) is 7.23. The zero-order valence-corrected chi connectivity index (χ0v) is 17.7. The molecule has 148 valence electrons. The molecule has 2 atom stereocenters. The number of ether oxygens (including phenoxy) is 2. The van der Waals surface area contributed by atoms with Crippen molar-refractivity contribution in [3.63, 3.8) is 0 Å². The van der Waals surface area contributed by atoms with Crippen LogP contribution in [0.1, 0.15) is 28.9 Å². The highest BCUT2D eigenvalue weighted by Crippen LogP contribution is 2.31. The molecule has 1 fully saturated rings. The van der Waals surface area contributed by atoms with Gasteiger partial charge in [-0.25, -0.2) is 4.79 Å². The fourth-order valence-corrected chi connectivity index (χ4v) is 3.99. The number of nitrogens with one attached hydrogen (secondary N) is 2. The molecule has 2 amide bonds. The second kappa shape index (κ2) is 10.8. The van der Waals surface area contributed by atoms with Gasteiger partial charge in [0.05, 0.1) is 20.2 Å². The second-order valence-corrected chi connectivity index (χ2v) is 8.25. The average Bonchev–Trinajstić information content (AvgIpc) is 3.28. The standard InChI is InChI=1S/C8H10ClNO2S.C7H4ClNO3S.ClH/c1-2-12-8(10)7(11)5-3-4-6(9)13-5;8-4-2-1-3(13-4)5-6(10)9-7(11)12-5;/h3-4,7,10-11H,2H2,1H3;1-2,5H,(H,9,10,11);1H. The van der Waals surface area contributed by atoms with Gasteiger partial charge in [0.25, 0.3) is 5.91 Å². The van der Waals surface area contributed by atoms with Crippen molar-refractivity contribution in [2.24, 2.45) is 0 Å². The minimum absolute atomic E-state index is 0. The van der Waals surface area contributed by atoms with E-state index in [2.05, 4.69) is 0 Å². The molecule has 2 aromatic rings. The summed E-state index contributed by atoms with van der Waals surface area (Å²) in [5.74, 6) is -0.579. The molecular formula is C15H15Cl3N2O5S2. The smallest absolute Gasteiger partial charge is 0.415 e. The van der Waals surface area contributed by atoms with Crippen LogP contribution in [0.4, 0.5) is 4.79 Å². The van der Waals surface area contributed by atoms with Crippen molar-refractivity contribution in [2.75, 3.05) is 6.61 Å². The summed E-state index contributed by atoms with van der Waals surface area (Å²) in [7, 11) is 0. The van der Waals surface area contributed by atoms with Gasteiger partial charge in [-0.2, -0.15) is 0 Å². The summed E-state index contributed by atoms with van der Waals surface area (Å²) >= 11 is 13.8. The lowest BCUT2D eigenvalue weighted by atomic mass is 10.3. The maximum atomic E-state index is 11.1. The number of halogens is 3. The number of carbonyl (C=O) groups excluding carboxylic acids is 2. The molecule has 1 aliphatic heterocycles. The summed E-state index contributed by atoms with van der Waals surface area (Å²) in [5, 5.41) is 18.9. The normalized spacial score (nSPS) is 16.4. The maximum absolute atomic E-state index is 11.1. The number of hydrogen-bond acceptors (Lipinski definition) is 8. The fourth-order valence-electron chi connectivity index (χ4n) is 1.85. The number of alkyl carbamates (subject to hydrolysis) is 1. The van der Waals surface area contributed by atoms with Gasteiger partial charge >= 0.3 is 6.09 Å². The Morgan fingerprint density at radius 1 is 1.30 bits per heavy atom. The van der Waals surface area contributed by atoms with Crippen LogP contribution in [0, 0.1) is 5.41 Å². The van der Waals surface area contributed by atoms with Crippen molar-refractivity contribution < 1.29 is 24.2 Å². The van der Waals surface area contributed by atoms with Gasteiger partial charge in [-0.05, 0) is 31.2 Å². The molecule has 3 rings (SSSR count). The van der Waals surface area contributed by atoms with Crippen LogP contribution >= 0.6 is 58.3 Å². The summed E-state index contributed by atoms with van der Waals surface area (Å²) in [4.78, 5) is 23.0. The van der Waals surface area contributed by atoms with E-state index in [-0.39, 0.29) is 18.3 Å². The lowest BCUT2D eigenvalue weighted by molar-refractivity contribution is -0.123. The molecule has 3 N–H and O–H groups in total. The first kappa shape index (κ1) is 23.7. The Morgan fingerprint density at radius 3 is 2.37 bits per heavy atom. The van der Waals surface area contributed by atoms with E-state index in [4.69, 9.17) is 38.1 Å². The third kappa shape index (κ3) is 6.63. The van der Waals surface area contributed by atoms with E-state index in [1.165, 1.54) is 22.7 Å². The second-order valence-electron chi connectivity index (χ2n) is 4.76. The van der Waals surface area contributed by atoms with E-state index in [1.54, 1.807) is 31.2 Å². The highest BCUT2D eigenvalue weighted by molar-refractivity contribution is 7.16. The molecule has 0 radical (unpaired) electrons. The van der Waals surface area contributed by atoms with Crippen LogP contribution in [0.15, 0.2) is 24.3 Å². The van der Waals surface area contributed by atoms with Crippen LogP contribution in [-0.4, -0.2) is 29.6 Å². The van der Waals surface area contributed by atoms with Crippen LogP contribution in [0.2, 0.25) is 8.67 Å². The highest BCUT2D eigenvalue weighted by Gasteiger charge is 2.34. The Hall–Kier alpha value is -1.36. The third-order valence-electron chi connectivity index (χ3n) is 2.95. The highest BCUT2D eigenvalue weighted by atomic mass is 35.5. The molecule has 2 unspecified atom stereocenters. The van der Waals surface area contributed by atoms with Crippen molar-refractivity contribution in [2.45, 2.75) is 19.1 Å². The molecular weight excluding hydrogens is 459 g/mol. The number of carbonyl (C=O) groups is 2. The largest absolute Gasteiger partial charge is 0.479 e. The summed E-state index contributed by atoms with van der Waals surface area (Å²) in [6.45, 7) is 2.15. The Kier molecular flexibility index (Phi) is 9.51. The van der Waals surface area contributed by atoms with Gasteiger partial charge < -0.3 is 14.6 Å². The number of imide groups is 1. The summed E-state index contributed by atoms with van der Waals surface area (Å²) < 4.78 is 10.7. The van der Waals surface area contributed by atoms with Gasteiger partial charge in [0.15, 0.2) is 6.10 Å². The molecule has 0 bridgehead atoms. The lowest BCUT2D eigenvalue weighted by Crippen LogP contribution is -2.20.